The Balaban J connectivity index is 1.57. The van der Waals surface area contributed by atoms with Gasteiger partial charge in [-0.2, -0.15) is 0 Å². The fourth-order valence-corrected chi connectivity index (χ4v) is 4.53. The van der Waals surface area contributed by atoms with E-state index in [1.807, 2.05) is 9.80 Å². The number of hydrogen-bond acceptors (Lipinski definition) is 5. The van der Waals surface area contributed by atoms with Gasteiger partial charge >= 0.3 is 0 Å². The van der Waals surface area contributed by atoms with Crippen molar-refractivity contribution in [3.8, 4) is 0 Å². The smallest absolute Gasteiger partial charge is 0.274 e. The standard InChI is InChI=1S/C19H27N5O2/c1-22-11-14-5-6-15(22)13-24(12-14)19(26)17-16(20-7-8-21-17)18(25)23-9-3-2-4-10-23/h7-8,14-15H,2-6,9-13H2,1H3/t14-,15-/m1/s1. The molecule has 1 aromatic heterocycles. The highest BCUT2D eigenvalue weighted by molar-refractivity contribution is 6.04. The van der Waals surface area contributed by atoms with Crippen LogP contribution in [0, 0.1) is 5.92 Å². The van der Waals surface area contributed by atoms with Crippen LogP contribution in [-0.4, -0.2) is 82.3 Å². The van der Waals surface area contributed by atoms with Crippen LogP contribution in [0.4, 0.5) is 0 Å². The second-order valence-electron chi connectivity index (χ2n) is 7.85. The molecule has 7 nitrogen and oxygen atoms in total. The van der Waals surface area contributed by atoms with E-state index in [9.17, 15) is 9.59 Å². The summed E-state index contributed by atoms with van der Waals surface area (Å²) in [5, 5.41) is 0. The van der Waals surface area contributed by atoms with Crippen molar-refractivity contribution in [2.75, 3.05) is 39.8 Å². The van der Waals surface area contributed by atoms with Crippen LogP contribution in [0.3, 0.4) is 0 Å². The number of likely N-dealkylation sites (N-methyl/N-ethyl adjacent to an activating group) is 1. The Hall–Kier alpha value is -2.02. The van der Waals surface area contributed by atoms with Crippen molar-refractivity contribution in [1.82, 2.24) is 24.7 Å². The van der Waals surface area contributed by atoms with Crippen LogP contribution in [-0.2, 0) is 0 Å². The third-order valence-electron chi connectivity index (χ3n) is 6.02. The quantitative estimate of drug-likeness (QED) is 0.797. The molecule has 140 valence electrons. The molecule has 0 aliphatic carbocycles. The zero-order chi connectivity index (χ0) is 18.1. The van der Waals surface area contributed by atoms with Gasteiger partial charge in [0.2, 0.25) is 0 Å². The maximum absolute atomic E-state index is 13.2. The van der Waals surface area contributed by atoms with E-state index in [2.05, 4.69) is 21.9 Å². The van der Waals surface area contributed by atoms with Crippen LogP contribution >= 0.6 is 0 Å². The summed E-state index contributed by atoms with van der Waals surface area (Å²) in [4.78, 5) is 40.7. The molecule has 5 heterocycles. The largest absolute Gasteiger partial charge is 0.337 e. The third kappa shape index (κ3) is 3.32. The Labute approximate surface area is 154 Å². The molecule has 2 amide bonds. The molecule has 2 bridgehead atoms. The Kier molecular flexibility index (Phi) is 4.89. The van der Waals surface area contributed by atoms with E-state index in [0.29, 0.717) is 18.5 Å². The Morgan fingerprint density at radius 3 is 2.19 bits per heavy atom. The van der Waals surface area contributed by atoms with Crippen LogP contribution in [0.5, 0.6) is 0 Å². The van der Waals surface area contributed by atoms with Gasteiger partial charge in [0.05, 0.1) is 0 Å². The van der Waals surface area contributed by atoms with Crippen molar-refractivity contribution in [2.24, 2.45) is 5.92 Å². The van der Waals surface area contributed by atoms with E-state index in [4.69, 9.17) is 0 Å². The highest BCUT2D eigenvalue weighted by Gasteiger charge is 2.36. The number of amides is 2. The molecular formula is C19H27N5O2. The Bertz CT molecular complexity index is 688. The van der Waals surface area contributed by atoms with Gasteiger partial charge in [-0.25, -0.2) is 9.97 Å². The van der Waals surface area contributed by atoms with Gasteiger partial charge in [-0.1, -0.05) is 0 Å². The molecule has 0 N–H and O–H groups in total. The average Bonchev–Trinajstić information content (AvgIpc) is 2.99. The highest BCUT2D eigenvalue weighted by Crippen LogP contribution is 2.27. The molecule has 26 heavy (non-hydrogen) atoms. The lowest BCUT2D eigenvalue weighted by atomic mass is 9.96. The van der Waals surface area contributed by atoms with Gasteiger partial charge in [0.1, 0.15) is 0 Å². The first-order valence-corrected chi connectivity index (χ1v) is 9.73. The number of hydrogen-bond donors (Lipinski definition) is 0. The van der Waals surface area contributed by atoms with Gasteiger partial charge < -0.3 is 14.7 Å². The Morgan fingerprint density at radius 1 is 0.885 bits per heavy atom. The summed E-state index contributed by atoms with van der Waals surface area (Å²) < 4.78 is 0. The molecule has 4 saturated heterocycles. The number of likely N-dealkylation sites (tertiary alicyclic amines) is 1. The maximum atomic E-state index is 13.2. The molecule has 0 spiro atoms. The summed E-state index contributed by atoms with van der Waals surface area (Å²) >= 11 is 0. The molecule has 4 fully saturated rings. The average molecular weight is 357 g/mol. The number of carbonyl (C=O) groups excluding carboxylic acids is 2. The molecule has 4 aliphatic heterocycles. The second-order valence-corrected chi connectivity index (χ2v) is 7.85. The molecule has 2 atom stereocenters. The third-order valence-corrected chi connectivity index (χ3v) is 6.02. The van der Waals surface area contributed by atoms with Crippen LogP contribution in [0.25, 0.3) is 0 Å². The lowest BCUT2D eigenvalue weighted by Crippen LogP contribution is -2.42. The molecule has 5 rings (SSSR count). The van der Waals surface area contributed by atoms with Crippen LogP contribution in [0.15, 0.2) is 12.4 Å². The second kappa shape index (κ2) is 7.31. The van der Waals surface area contributed by atoms with E-state index in [-0.39, 0.29) is 23.2 Å². The van der Waals surface area contributed by atoms with Gasteiger partial charge in [-0.3, -0.25) is 9.59 Å². The number of piperidine rings is 2. The van der Waals surface area contributed by atoms with Crippen molar-refractivity contribution in [1.29, 1.82) is 0 Å². The summed E-state index contributed by atoms with van der Waals surface area (Å²) in [7, 11) is 2.14. The minimum Gasteiger partial charge on any atom is -0.337 e. The predicted molar refractivity (Wildman–Crippen MR) is 96.8 cm³/mol. The van der Waals surface area contributed by atoms with Crippen molar-refractivity contribution in [3.05, 3.63) is 23.8 Å². The van der Waals surface area contributed by atoms with E-state index in [1.165, 1.54) is 18.8 Å². The predicted octanol–water partition coefficient (Wildman–Crippen LogP) is 1.27. The minimum atomic E-state index is -0.156. The number of rotatable bonds is 2. The van der Waals surface area contributed by atoms with Crippen molar-refractivity contribution in [3.63, 3.8) is 0 Å². The summed E-state index contributed by atoms with van der Waals surface area (Å²) in [6.45, 7) is 3.96. The zero-order valence-electron chi connectivity index (χ0n) is 15.4. The monoisotopic (exact) mass is 357 g/mol. The topological polar surface area (TPSA) is 69.6 Å². The molecule has 1 aromatic rings. The normalized spacial score (nSPS) is 26.7. The lowest BCUT2D eigenvalue weighted by Gasteiger charge is -2.32. The van der Waals surface area contributed by atoms with Gasteiger partial charge in [-0.15, -0.1) is 0 Å². The highest BCUT2D eigenvalue weighted by atomic mass is 16.2. The number of aromatic nitrogens is 2. The molecular weight excluding hydrogens is 330 g/mol. The number of carbonyl (C=O) groups is 2. The van der Waals surface area contributed by atoms with Crippen LogP contribution < -0.4 is 0 Å². The number of nitrogens with zero attached hydrogens (tertiary/aromatic N) is 5. The molecule has 0 unspecified atom stereocenters. The number of fused-ring (bicyclic) bond motifs is 4. The van der Waals surface area contributed by atoms with E-state index >= 15 is 0 Å². The van der Waals surface area contributed by atoms with Crippen molar-refractivity contribution in [2.45, 2.75) is 38.1 Å². The first-order chi connectivity index (χ1) is 12.6. The van der Waals surface area contributed by atoms with Crippen LogP contribution in [0.1, 0.15) is 53.1 Å². The fourth-order valence-electron chi connectivity index (χ4n) is 4.53. The summed E-state index contributed by atoms with van der Waals surface area (Å²) in [5.74, 6) is 0.197. The first kappa shape index (κ1) is 17.4. The lowest BCUT2D eigenvalue weighted by molar-refractivity contribution is 0.0683. The van der Waals surface area contributed by atoms with Crippen molar-refractivity contribution < 1.29 is 9.59 Å². The van der Waals surface area contributed by atoms with Gasteiger partial charge in [0, 0.05) is 51.2 Å². The fraction of sp³-hybridized carbons (Fsp3) is 0.684. The molecule has 4 aliphatic rings. The maximum Gasteiger partial charge on any atom is 0.274 e. The zero-order valence-corrected chi connectivity index (χ0v) is 15.4. The van der Waals surface area contributed by atoms with Crippen molar-refractivity contribution >= 4 is 11.8 Å². The molecule has 7 heteroatoms. The van der Waals surface area contributed by atoms with Gasteiger partial charge in [0.25, 0.3) is 11.8 Å². The van der Waals surface area contributed by atoms with E-state index < -0.39 is 0 Å². The SMILES string of the molecule is CN1C[C@H]2CC[C@@H]1CN(C(=O)c1nccnc1C(=O)N1CCCCC1)C2. The summed E-state index contributed by atoms with van der Waals surface area (Å²) in [5.41, 5.74) is 0.427. The summed E-state index contributed by atoms with van der Waals surface area (Å²) in [6, 6.07) is 0.399. The summed E-state index contributed by atoms with van der Waals surface area (Å²) in [6.07, 6.45) is 8.49. The van der Waals surface area contributed by atoms with Gasteiger partial charge in [-0.05, 0) is 45.1 Å². The van der Waals surface area contributed by atoms with E-state index in [0.717, 1.165) is 51.9 Å². The van der Waals surface area contributed by atoms with E-state index in [1.54, 1.807) is 0 Å². The van der Waals surface area contributed by atoms with Crippen LogP contribution in [0.2, 0.25) is 0 Å². The van der Waals surface area contributed by atoms with Gasteiger partial charge in [0.15, 0.2) is 11.4 Å². The minimum absolute atomic E-state index is 0.148. The molecule has 0 radical (unpaired) electrons. The molecule has 0 saturated carbocycles. The Morgan fingerprint density at radius 2 is 1.54 bits per heavy atom. The first-order valence-electron chi connectivity index (χ1n) is 9.73. The molecule has 0 aromatic carbocycles.